The molecule has 0 aliphatic carbocycles. The standard InChI is InChI=1S/C6H8N2O7S2/c7-14-16(10,11)5-1-4(9)2-6(3-5)17(12,13)15-8/h1-3,9H,7-8H2. The lowest BCUT2D eigenvalue weighted by atomic mass is 10.3. The van der Waals surface area contributed by atoms with Crippen LogP contribution in [0, 0.1) is 0 Å². The second kappa shape index (κ2) is 4.56. The third-order valence-electron chi connectivity index (χ3n) is 1.70. The van der Waals surface area contributed by atoms with Crippen molar-refractivity contribution in [3.05, 3.63) is 18.2 Å². The third-order valence-corrected chi connectivity index (χ3v) is 3.83. The Morgan fingerprint density at radius 3 is 1.53 bits per heavy atom. The first-order chi connectivity index (χ1) is 7.73. The van der Waals surface area contributed by atoms with Gasteiger partial charge in [-0.05, 0) is 6.07 Å². The SMILES string of the molecule is NOS(=O)(=O)c1cc(O)cc(S(=O)(=O)ON)c1. The van der Waals surface area contributed by atoms with Gasteiger partial charge in [0.25, 0.3) is 0 Å². The molecule has 0 heterocycles. The molecule has 0 radical (unpaired) electrons. The van der Waals surface area contributed by atoms with Crippen molar-refractivity contribution in [2.24, 2.45) is 11.8 Å². The van der Waals surface area contributed by atoms with Crippen molar-refractivity contribution in [2.45, 2.75) is 9.79 Å². The quantitative estimate of drug-likeness (QED) is 0.562. The maximum Gasteiger partial charge on any atom is 0.312 e. The highest BCUT2D eigenvalue weighted by Gasteiger charge is 2.21. The maximum atomic E-state index is 11.2. The normalized spacial score (nSPS) is 12.6. The van der Waals surface area contributed by atoms with Crippen LogP contribution in [0.25, 0.3) is 0 Å². The van der Waals surface area contributed by atoms with Crippen LogP contribution >= 0.6 is 0 Å². The van der Waals surface area contributed by atoms with Crippen molar-refractivity contribution in [1.82, 2.24) is 0 Å². The minimum atomic E-state index is -4.35. The molecule has 0 fully saturated rings. The molecule has 0 saturated carbocycles. The van der Waals surface area contributed by atoms with Gasteiger partial charge in [-0.15, -0.1) is 0 Å². The van der Waals surface area contributed by atoms with E-state index in [1.54, 1.807) is 0 Å². The van der Waals surface area contributed by atoms with Gasteiger partial charge in [0.15, 0.2) is 0 Å². The number of aromatic hydroxyl groups is 1. The predicted molar refractivity (Wildman–Crippen MR) is 53.0 cm³/mol. The molecule has 17 heavy (non-hydrogen) atoms. The van der Waals surface area contributed by atoms with E-state index in [2.05, 4.69) is 20.4 Å². The number of rotatable bonds is 4. The van der Waals surface area contributed by atoms with Crippen LogP contribution in [0.15, 0.2) is 28.0 Å². The Bertz CT molecular complexity index is 570. The van der Waals surface area contributed by atoms with Crippen LogP contribution in [-0.4, -0.2) is 21.9 Å². The fourth-order valence-electron chi connectivity index (χ4n) is 0.957. The summed E-state index contributed by atoms with van der Waals surface area (Å²) in [6, 6.07) is 2.17. The van der Waals surface area contributed by atoms with E-state index in [0.29, 0.717) is 6.07 Å². The molecule has 1 aromatic carbocycles. The molecule has 11 heteroatoms. The Hall–Kier alpha value is -1.24. The molecule has 0 spiro atoms. The highest BCUT2D eigenvalue weighted by Crippen LogP contribution is 2.24. The second-order valence-corrected chi connectivity index (χ2v) is 5.91. The minimum Gasteiger partial charge on any atom is -0.508 e. The number of hydrogen-bond donors (Lipinski definition) is 3. The van der Waals surface area contributed by atoms with Crippen LogP contribution in [-0.2, 0) is 28.8 Å². The van der Waals surface area contributed by atoms with Gasteiger partial charge in [0, 0.05) is 12.1 Å². The predicted octanol–water partition coefficient (Wildman–Crippen LogP) is -1.45. The highest BCUT2D eigenvalue weighted by molar-refractivity contribution is 7.87. The van der Waals surface area contributed by atoms with Gasteiger partial charge in [-0.25, -0.2) is 0 Å². The number of hydrogen-bond acceptors (Lipinski definition) is 9. The molecule has 0 saturated heterocycles. The Morgan fingerprint density at radius 2 is 1.24 bits per heavy atom. The topological polar surface area (TPSA) is 159 Å². The average molecular weight is 284 g/mol. The van der Waals surface area contributed by atoms with Gasteiger partial charge >= 0.3 is 20.2 Å². The van der Waals surface area contributed by atoms with E-state index in [1.165, 1.54) is 0 Å². The minimum absolute atomic E-state index is 0.640. The smallest absolute Gasteiger partial charge is 0.312 e. The van der Waals surface area contributed by atoms with Crippen molar-refractivity contribution in [2.75, 3.05) is 0 Å². The van der Waals surface area contributed by atoms with Gasteiger partial charge in [-0.3, -0.25) is 0 Å². The lowest BCUT2D eigenvalue weighted by molar-refractivity contribution is 0.330. The lowest BCUT2D eigenvalue weighted by Gasteiger charge is -2.05. The zero-order valence-electron chi connectivity index (χ0n) is 8.10. The molecule has 0 amide bonds. The van der Waals surface area contributed by atoms with E-state index in [4.69, 9.17) is 0 Å². The molecule has 0 aliphatic rings. The fourth-order valence-corrected chi connectivity index (χ4v) is 2.33. The number of phenols is 1. The first kappa shape index (κ1) is 13.8. The maximum absolute atomic E-state index is 11.2. The molecule has 0 bridgehead atoms. The summed E-state index contributed by atoms with van der Waals surface area (Å²) < 4.78 is 52.1. The van der Waals surface area contributed by atoms with Crippen molar-refractivity contribution < 1.29 is 30.5 Å². The van der Waals surface area contributed by atoms with Crippen LogP contribution in [0.5, 0.6) is 5.75 Å². The van der Waals surface area contributed by atoms with Gasteiger partial charge in [0.05, 0.1) is 0 Å². The van der Waals surface area contributed by atoms with Crippen LogP contribution in [0.1, 0.15) is 0 Å². The summed E-state index contributed by atoms with van der Waals surface area (Å²) in [7, 11) is -8.71. The van der Waals surface area contributed by atoms with Gasteiger partial charge in [-0.2, -0.15) is 37.2 Å². The first-order valence-corrected chi connectivity index (χ1v) is 6.65. The summed E-state index contributed by atoms with van der Waals surface area (Å²) in [5.74, 6) is 8.37. The van der Waals surface area contributed by atoms with Crippen molar-refractivity contribution >= 4 is 20.2 Å². The van der Waals surface area contributed by atoms with Crippen LogP contribution in [0.2, 0.25) is 0 Å². The molecule has 1 rings (SSSR count). The molecule has 0 unspecified atom stereocenters. The molecular weight excluding hydrogens is 276 g/mol. The summed E-state index contributed by atoms with van der Waals surface area (Å²) in [6.45, 7) is 0. The van der Waals surface area contributed by atoms with E-state index >= 15 is 0 Å². The van der Waals surface area contributed by atoms with E-state index in [0.717, 1.165) is 12.1 Å². The Balaban J connectivity index is 3.51. The van der Waals surface area contributed by atoms with Crippen LogP contribution in [0.3, 0.4) is 0 Å². The summed E-state index contributed by atoms with van der Waals surface area (Å²) in [4.78, 5) is -1.31. The second-order valence-electron chi connectivity index (χ2n) is 2.76. The summed E-state index contributed by atoms with van der Waals surface area (Å²) in [5, 5.41) is 9.19. The summed E-state index contributed by atoms with van der Waals surface area (Å²) in [5.41, 5.74) is 0. The van der Waals surface area contributed by atoms with Crippen molar-refractivity contribution in [3.63, 3.8) is 0 Å². The zero-order chi connectivity index (χ0) is 13.3. The lowest BCUT2D eigenvalue weighted by Crippen LogP contribution is -2.14. The Kier molecular flexibility index (Phi) is 3.71. The number of nitrogens with two attached hydrogens (primary N) is 2. The largest absolute Gasteiger partial charge is 0.508 e. The van der Waals surface area contributed by atoms with Gasteiger partial charge in [0.2, 0.25) is 0 Å². The molecule has 0 atom stereocenters. The monoisotopic (exact) mass is 284 g/mol. The summed E-state index contributed by atoms with van der Waals surface area (Å²) in [6.07, 6.45) is 0. The Morgan fingerprint density at radius 1 is 0.882 bits per heavy atom. The van der Waals surface area contributed by atoms with Gasteiger partial charge < -0.3 is 5.11 Å². The van der Waals surface area contributed by atoms with Crippen molar-refractivity contribution in [3.8, 4) is 5.75 Å². The summed E-state index contributed by atoms with van der Waals surface area (Å²) >= 11 is 0. The number of phenolic OH excluding ortho intramolecular Hbond substituents is 1. The first-order valence-electron chi connectivity index (χ1n) is 3.84. The zero-order valence-corrected chi connectivity index (χ0v) is 9.73. The Labute approximate surface area is 96.7 Å². The molecule has 0 aliphatic heterocycles. The molecule has 1 aromatic rings. The molecular formula is C6H8N2O7S2. The molecule has 9 nitrogen and oxygen atoms in total. The van der Waals surface area contributed by atoms with E-state index in [-0.39, 0.29) is 0 Å². The van der Waals surface area contributed by atoms with Crippen LogP contribution < -0.4 is 11.8 Å². The van der Waals surface area contributed by atoms with E-state index in [9.17, 15) is 21.9 Å². The average Bonchev–Trinajstić information content (AvgIpc) is 2.28. The number of benzene rings is 1. The highest BCUT2D eigenvalue weighted by atomic mass is 32.2. The van der Waals surface area contributed by atoms with Crippen LogP contribution in [0.4, 0.5) is 0 Å². The van der Waals surface area contributed by atoms with Gasteiger partial charge in [0.1, 0.15) is 15.5 Å². The molecule has 96 valence electrons. The van der Waals surface area contributed by atoms with E-state index in [1.807, 2.05) is 0 Å². The molecule has 0 aromatic heterocycles. The van der Waals surface area contributed by atoms with Gasteiger partial charge in [-0.1, -0.05) is 0 Å². The van der Waals surface area contributed by atoms with E-state index < -0.39 is 35.8 Å². The van der Waals surface area contributed by atoms with Crippen molar-refractivity contribution in [1.29, 1.82) is 0 Å². The fraction of sp³-hybridized carbons (Fsp3) is 0. The molecule has 5 N–H and O–H groups in total. The third kappa shape index (κ3) is 2.91.